The van der Waals surface area contributed by atoms with Gasteiger partial charge in [0.25, 0.3) is 0 Å². The van der Waals surface area contributed by atoms with Crippen molar-refractivity contribution in [2.75, 3.05) is 25.7 Å². The number of thiol groups is 1. The fourth-order valence-corrected chi connectivity index (χ4v) is 7.54. The maximum Gasteiger partial charge on any atom is 0.250 e. The van der Waals surface area contributed by atoms with E-state index in [1.165, 1.54) is 59.6 Å². The fraction of sp³-hybridized carbons (Fsp3) is 0.421. The Morgan fingerprint density at radius 2 is 1.72 bits per heavy atom. The van der Waals surface area contributed by atoms with Crippen molar-refractivity contribution in [2.45, 2.75) is 73.6 Å². The summed E-state index contributed by atoms with van der Waals surface area (Å²) >= 11 is 3.53. The van der Waals surface area contributed by atoms with Crippen LogP contribution in [0.15, 0.2) is 66.4 Å². The van der Waals surface area contributed by atoms with Crippen LogP contribution in [0.2, 0.25) is 0 Å². The maximum absolute atomic E-state index is 13.2. The van der Waals surface area contributed by atoms with Crippen molar-refractivity contribution >= 4 is 42.6 Å². The molecule has 2 aromatic carbocycles. The zero-order valence-corrected chi connectivity index (χ0v) is 30.5. The van der Waals surface area contributed by atoms with Crippen LogP contribution in [0.1, 0.15) is 75.8 Å². The Balaban J connectivity index is 0.000000213. The number of nitrogens with zero attached hydrogens (tertiary/aromatic N) is 2. The molecule has 5 nitrogen and oxygen atoms in total. The van der Waals surface area contributed by atoms with E-state index in [1.54, 1.807) is 24.0 Å². The Morgan fingerprint density at radius 3 is 2.24 bits per heavy atom. The number of nitrogens with two attached hydrogens (primary N) is 1. The second kappa shape index (κ2) is 18.6. The van der Waals surface area contributed by atoms with Crippen LogP contribution in [0.3, 0.4) is 0 Å². The van der Waals surface area contributed by atoms with Gasteiger partial charge in [-0.05, 0) is 106 Å². The van der Waals surface area contributed by atoms with Crippen LogP contribution in [0.25, 0.3) is 28.2 Å². The molecular formula is C38H53FN4OPS+. The van der Waals surface area contributed by atoms with Crippen LogP contribution < -0.4 is 16.1 Å². The number of benzene rings is 2. The summed E-state index contributed by atoms with van der Waals surface area (Å²) in [5, 5.41) is 5.93. The molecule has 0 radical (unpaired) electrons. The van der Waals surface area contributed by atoms with E-state index in [9.17, 15) is 4.39 Å². The molecule has 2 saturated carbocycles. The highest BCUT2D eigenvalue weighted by atomic mass is 32.1. The first-order valence-corrected chi connectivity index (χ1v) is 19.3. The van der Waals surface area contributed by atoms with Crippen LogP contribution in [-0.4, -0.2) is 35.7 Å². The van der Waals surface area contributed by atoms with Crippen molar-refractivity contribution in [3.05, 3.63) is 94.6 Å². The molecule has 0 amide bonds. The first-order valence-electron chi connectivity index (χ1n) is 16.6. The molecule has 7 rings (SSSR count). The lowest BCUT2D eigenvalue weighted by Crippen LogP contribution is -2.41. The predicted molar refractivity (Wildman–Crippen MR) is 202 cm³/mol. The zero-order chi connectivity index (χ0) is 33.7. The van der Waals surface area contributed by atoms with Gasteiger partial charge in [-0.15, -0.1) is 5.09 Å². The number of aromatic nitrogens is 2. The number of halogens is 1. The van der Waals surface area contributed by atoms with Gasteiger partial charge in [-0.1, -0.05) is 51.3 Å². The third-order valence-corrected chi connectivity index (χ3v) is 11.3. The smallest absolute Gasteiger partial charge is 0.250 e. The molecule has 3 heterocycles. The van der Waals surface area contributed by atoms with E-state index >= 15 is 0 Å². The van der Waals surface area contributed by atoms with Gasteiger partial charge in [0.15, 0.2) is 6.73 Å². The van der Waals surface area contributed by atoms with Gasteiger partial charge in [0.2, 0.25) is 7.64 Å². The number of fused-ring (bicyclic) bond motifs is 1. The monoisotopic (exact) mass is 663 g/mol. The molecule has 2 aromatic heterocycles. The number of pyridine rings is 2. The van der Waals surface area contributed by atoms with Crippen LogP contribution >= 0.6 is 20.3 Å². The lowest BCUT2D eigenvalue weighted by molar-refractivity contribution is 0.267. The Bertz CT molecular complexity index is 1560. The lowest BCUT2D eigenvalue weighted by atomic mass is 10.1. The highest BCUT2D eigenvalue weighted by molar-refractivity contribution is 7.79. The van der Waals surface area contributed by atoms with Gasteiger partial charge in [-0.3, -0.25) is 9.97 Å². The summed E-state index contributed by atoms with van der Waals surface area (Å²) in [4.78, 5) is 9.16. The summed E-state index contributed by atoms with van der Waals surface area (Å²) in [7, 11) is -1.75. The van der Waals surface area contributed by atoms with Gasteiger partial charge in [0, 0.05) is 40.9 Å². The molecule has 46 heavy (non-hydrogen) atoms. The summed E-state index contributed by atoms with van der Waals surface area (Å²) in [5.74, 6) is 0.839. The number of hydrogen-bond donors (Lipinski definition) is 3. The van der Waals surface area contributed by atoms with Gasteiger partial charge >= 0.3 is 0 Å². The average molecular weight is 664 g/mol. The highest BCUT2D eigenvalue weighted by Gasteiger charge is 2.50. The summed E-state index contributed by atoms with van der Waals surface area (Å²) in [6.45, 7) is 13.8. The molecule has 1 unspecified atom stereocenters. The van der Waals surface area contributed by atoms with Crippen LogP contribution in [0.5, 0.6) is 0 Å². The number of rotatable bonds is 6. The lowest BCUT2D eigenvalue weighted by Gasteiger charge is -2.33. The Labute approximate surface area is 282 Å². The molecule has 248 valence electrons. The largest absolute Gasteiger partial charge is 0.330 e. The minimum atomic E-state index is -1.75. The normalized spacial score (nSPS) is 17.4. The summed E-state index contributed by atoms with van der Waals surface area (Å²) in [6.07, 6.45) is 13.0. The van der Waals surface area contributed by atoms with E-state index in [0.717, 1.165) is 40.1 Å². The molecule has 0 spiro atoms. The van der Waals surface area contributed by atoms with E-state index in [-0.39, 0.29) is 5.82 Å². The molecular weight excluding hydrogens is 610 g/mol. The Morgan fingerprint density at radius 1 is 1.07 bits per heavy atom. The van der Waals surface area contributed by atoms with E-state index in [1.807, 2.05) is 26.1 Å². The average Bonchev–Trinajstić information content (AvgIpc) is 4.01. The topological polar surface area (TPSA) is 73.1 Å². The molecule has 3 aliphatic rings. The quantitative estimate of drug-likeness (QED) is 0.142. The first-order chi connectivity index (χ1) is 22.3. The zero-order valence-electron chi connectivity index (χ0n) is 28.7. The van der Waals surface area contributed by atoms with Crippen LogP contribution in [-0.2, 0) is 10.9 Å². The molecule has 4 aromatic rings. The Kier molecular flexibility index (Phi) is 15.3. The number of nitrogens with one attached hydrogen (secondary N) is 1. The Hall–Kier alpha value is -2.67. The van der Waals surface area contributed by atoms with Crippen molar-refractivity contribution < 1.29 is 8.91 Å². The number of allylic oxidation sites excluding steroid dienone is 1. The molecule has 1 aliphatic heterocycles. The molecule has 1 atom stereocenters. The van der Waals surface area contributed by atoms with Gasteiger partial charge in [-0.25, -0.2) is 4.39 Å². The maximum atomic E-state index is 13.2. The van der Waals surface area contributed by atoms with E-state index in [4.69, 9.17) is 15.2 Å². The van der Waals surface area contributed by atoms with Crippen LogP contribution in [0, 0.1) is 25.6 Å². The van der Waals surface area contributed by atoms with Crippen molar-refractivity contribution in [2.24, 2.45) is 11.7 Å². The highest BCUT2D eigenvalue weighted by Crippen LogP contribution is 2.60. The van der Waals surface area contributed by atoms with Gasteiger partial charge in [-0.2, -0.15) is 17.2 Å². The number of aryl methyl sites for hydroxylation is 1. The predicted octanol–water partition coefficient (Wildman–Crippen LogP) is 9.48. The summed E-state index contributed by atoms with van der Waals surface area (Å²) < 4.78 is 19.2. The van der Waals surface area contributed by atoms with Crippen molar-refractivity contribution in [3.63, 3.8) is 0 Å². The van der Waals surface area contributed by atoms with E-state index in [2.05, 4.69) is 80.7 Å². The second-order valence-corrected chi connectivity index (χ2v) is 14.7. The molecule has 2 aliphatic carbocycles. The SMILES string of the molecule is CC.CC1CC1.CC[P+]1(c2cc(CCN)nc(-c3ccc(F)cc3)c2C)NCO1.CS.Cc1cc(C=C2CC2)cc2cccnc12. The summed E-state index contributed by atoms with van der Waals surface area (Å²) in [5.41, 5.74) is 14.8. The van der Waals surface area contributed by atoms with Gasteiger partial charge in [0.05, 0.1) is 11.2 Å². The molecule has 3 fully saturated rings. The van der Waals surface area contributed by atoms with E-state index < -0.39 is 7.64 Å². The number of hydrogen-bond acceptors (Lipinski definition) is 6. The minimum absolute atomic E-state index is 0.244. The van der Waals surface area contributed by atoms with Crippen molar-refractivity contribution in [1.82, 2.24) is 15.1 Å². The van der Waals surface area contributed by atoms with Crippen molar-refractivity contribution in [1.29, 1.82) is 0 Å². The minimum Gasteiger partial charge on any atom is -0.330 e. The third-order valence-electron chi connectivity index (χ3n) is 7.95. The van der Waals surface area contributed by atoms with Crippen LogP contribution in [0.4, 0.5) is 4.39 Å². The second-order valence-electron chi connectivity index (χ2n) is 11.5. The van der Waals surface area contributed by atoms with Gasteiger partial charge < -0.3 is 5.73 Å². The molecule has 0 bridgehead atoms. The molecule has 8 heteroatoms. The summed E-state index contributed by atoms with van der Waals surface area (Å²) in [6, 6.07) is 17.2. The molecule has 3 N–H and O–H groups in total. The fourth-order valence-electron chi connectivity index (χ4n) is 5.04. The first kappa shape index (κ1) is 37.8. The molecule has 1 saturated heterocycles. The van der Waals surface area contributed by atoms with Crippen molar-refractivity contribution in [3.8, 4) is 11.3 Å². The van der Waals surface area contributed by atoms with Gasteiger partial charge in [0.1, 0.15) is 17.3 Å². The third kappa shape index (κ3) is 10.4. The standard InChI is InChI=1S/C17H22FN3OP.C14H13N.C4H8.C2H6.CH4S/c1-3-23(20-11-22-23)16-10-15(8-9-19)21-17(12(16)2)13-4-6-14(18)7-5-13;1-10-7-12(8-11-4-5-11)9-13-3-2-6-15-14(10)13;1-4-2-3-4;2*1-2/h4-7,10,20H,3,8-9,11,19H2,1-2H3;2-3,6-9H,4-5H2,1H3;4H,2-3H2,1H3;1-2H3;2H,1H3/q+1;;;;. The van der Waals surface area contributed by atoms with E-state index in [0.29, 0.717) is 19.7 Å².